The molecule has 2 nitrogen and oxygen atoms in total. The number of halogens is 2. The predicted octanol–water partition coefficient (Wildman–Crippen LogP) is 4.52. The second-order valence-corrected chi connectivity index (χ2v) is 5.35. The van der Waals surface area contributed by atoms with E-state index >= 15 is 0 Å². The smallest absolute Gasteiger partial charge is 0.124 e. The molecule has 1 unspecified atom stereocenters. The standard InChI is InChI=1S/C15H13BrFNO/c16-12-9-10(17)5-6-14(12)18-13-7-8-19-15-4-2-1-3-11(13)15/h1-6,9,13,18H,7-8H2. The van der Waals surface area contributed by atoms with E-state index in [2.05, 4.69) is 27.3 Å². The quantitative estimate of drug-likeness (QED) is 0.877. The summed E-state index contributed by atoms with van der Waals surface area (Å²) in [4.78, 5) is 0. The lowest BCUT2D eigenvalue weighted by atomic mass is 10.0. The number of fused-ring (bicyclic) bond motifs is 1. The number of rotatable bonds is 2. The zero-order valence-corrected chi connectivity index (χ0v) is 11.8. The van der Waals surface area contributed by atoms with Crippen LogP contribution in [0.1, 0.15) is 18.0 Å². The Kier molecular flexibility index (Phi) is 3.42. The predicted molar refractivity (Wildman–Crippen MR) is 77.0 cm³/mol. The fourth-order valence-corrected chi connectivity index (χ4v) is 2.75. The van der Waals surface area contributed by atoms with Crippen LogP contribution in [0.5, 0.6) is 5.75 Å². The van der Waals surface area contributed by atoms with Gasteiger partial charge in [-0.1, -0.05) is 18.2 Å². The Morgan fingerprint density at radius 3 is 2.89 bits per heavy atom. The number of nitrogens with one attached hydrogen (secondary N) is 1. The van der Waals surface area contributed by atoms with E-state index in [0.717, 1.165) is 27.9 Å². The van der Waals surface area contributed by atoms with Gasteiger partial charge >= 0.3 is 0 Å². The fourth-order valence-electron chi connectivity index (χ4n) is 2.29. The molecule has 2 aromatic rings. The second kappa shape index (κ2) is 5.21. The largest absolute Gasteiger partial charge is 0.493 e. The zero-order chi connectivity index (χ0) is 13.2. The van der Waals surface area contributed by atoms with E-state index in [1.807, 2.05) is 18.2 Å². The van der Waals surface area contributed by atoms with Gasteiger partial charge in [0, 0.05) is 22.1 Å². The molecule has 4 heteroatoms. The van der Waals surface area contributed by atoms with Crippen molar-refractivity contribution < 1.29 is 9.13 Å². The van der Waals surface area contributed by atoms with E-state index in [0.29, 0.717) is 6.61 Å². The molecule has 0 saturated heterocycles. The number of para-hydroxylation sites is 1. The zero-order valence-electron chi connectivity index (χ0n) is 10.2. The molecule has 3 rings (SSSR count). The normalized spacial score (nSPS) is 17.5. The van der Waals surface area contributed by atoms with Gasteiger partial charge in [-0.2, -0.15) is 0 Å². The molecule has 1 heterocycles. The van der Waals surface area contributed by atoms with Crippen molar-refractivity contribution in [1.29, 1.82) is 0 Å². The Labute approximate surface area is 119 Å². The Morgan fingerprint density at radius 1 is 1.21 bits per heavy atom. The van der Waals surface area contributed by atoms with Gasteiger partial charge in [-0.3, -0.25) is 0 Å². The number of ether oxygens (including phenoxy) is 1. The second-order valence-electron chi connectivity index (χ2n) is 4.50. The molecule has 0 saturated carbocycles. The van der Waals surface area contributed by atoms with Gasteiger partial charge in [0.25, 0.3) is 0 Å². The highest BCUT2D eigenvalue weighted by Gasteiger charge is 2.21. The summed E-state index contributed by atoms with van der Waals surface area (Å²) in [6, 6.07) is 12.9. The van der Waals surface area contributed by atoms with Crippen LogP contribution in [0.25, 0.3) is 0 Å². The molecule has 19 heavy (non-hydrogen) atoms. The molecule has 0 radical (unpaired) electrons. The lowest BCUT2D eigenvalue weighted by molar-refractivity contribution is 0.274. The van der Waals surface area contributed by atoms with Crippen LogP contribution in [0.4, 0.5) is 10.1 Å². The lowest BCUT2D eigenvalue weighted by Gasteiger charge is -2.27. The van der Waals surface area contributed by atoms with Gasteiger partial charge in [-0.15, -0.1) is 0 Å². The van der Waals surface area contributed by atoms with Crippen LogP contribution in [0.15, 0.2) is 46.9 Å². The molecule has 1 aliphatic heterocycles. The minimum absolute atomic E-state index is 0.187. The topological polar surface area (TPSA) is 21.3 Å². The summed E-state index contributed by atoms with van der Waals surface area (Å²) in [5.41, 5.74) is 2.04. The summed E-state index contributed by atoms with van der Waals surface area (Å²) in [5.74, 6) is 0.675. The van der Waals surface area contributed by atoms with Crippen molar-refractivity contribution in [2.24, 2.45) is 0 Å². The molecule has 1 N–H and O–H groups in total. The summed E-state index contributed by atoms with van der Waals surface area (Å²) in [6.45, 7) is 0.688. The molecule has 98 valence electrons. The van der Waals surface area contributed by atoms with Crippen LogP contribution >= 0.6 is 15.9 Å². The maximum atomic E-state index is 13.1. The first-order valence-electron chi connectivity index (χ1n) is 6.17. The van der Waals surface area contributed by atoms with Gasteiger partial charge in [0.05, 0.1) is 12.6 Å². The van der Waals surface area contributed by atoms with E-state index in [9.17, 15) is 4.39 Å². The van der Waals surface area contributed by atoms with E-state index in [-0.39, 0.29) is 11.9 Å². The molecule has 2 aromatic carbocycles. The van der Waals surface area contributed by atoms with Gasteiger partial charge in [-0.25, -0.2) is 4.39 Å². The molecule has 0 amide bonds. The molecule has 0 aliphatic carbocycles. The Hall–Kier alpha value is -1.55. The number of anilines is 1. The Morgan fingerprint density at radius 2 is 2.05 bits per heavy atom. The summed E-state index contributed by atoms with van der Waals surface area (Å²) < 4.78 is 19.4. The van der Waals surface area contributed by atoms with Crippen molar-refractivity contribution in [3.05, 3.63) is 58.3 Å². The molecule has 1 atom stereocenters. The molecule has 1 aliphatic rings. The van der Waals surface area contributed by atoms with Gasteiger partial charge in [-0.05, 0) is 40.2 Å². The number of hydrogen-bond acceptors (Lipinski definition) is 2. The summed E-state index contributed by atoms with van der Waals surface area (Å²) in [6.07, 6.45) is 0.890. The molecule has 0 aromatic heterocycles. The van der Waals surface area contributed by atoms with E-state index in [1.165, 1.54) is 12.1 Å². The monoisotopic (exact) mass is 321 g/mol. The van der Waals surface area contributed by atoms with Crippen LogP contribution in [0.2, 0.25) is 0 Å². The van der Waals surface area contributed by atoms with Crippen molar-refractivity contribution in [3.8, 4) is 5.75 Å². The molecule has 0 fully saturated rings. The maximum Gasteiger partial charge on any atom is 0.124 e. The van der Waals surface area contributed by atoms with E-state index < -0.39 is 0 Å². The highest BCUT2D eigenvalue weighted by Crippen LogP contribution is 2.35. The van der Waals surface area contributed by atoms with Crippen molar-refractivity contribution in [3.63, 3.8) is 0 Å². The minimum Gasteiger partial charge on any atom is -0.493 e. The fraction of sp³-hybridized carbons (Fsp3) is 0.200. The van der Waals surface area contributed by atoms with Gasteiger partial charge in [0.2, 0.25) is 0 Å². The summed E-state index contributed by atoms with van der Waals surface area (Å²) in [7, 11) is 0. The first-order chi connectivity index (χ1) is 9.24. The Balaban J connectivity index is 1.88. The van der Waals surface area contributed by atoms with E-state index in [1.54, 1.807) is 6.07 Å². The molecule has 0 spiro atoms. The van der Waals surface area contributed by atoms with Crippen molar-refractivity contribution in [2.45, 2.75) is 12.5 Å². The maximum absolute atomic E-state index is 13.1. The van der Waals surface area contributed by atoms with Crippen molar-refractivity contribution in [2.75, 3.05) is 11.9 Å². The van der Waals surface area contributed by atoms with Gasteiger partial charge < -0.3 is 10.1 Å². The van der Waals surface area contributed by atoms with Crippen LogP contribution in [0.3, 0.4) is 0 Å². The van der Waals surface area contributed by atoms with Crippen molar-refractivity contribution >= 4 is 21.6 Å². The van der Waals surface area contributed by atoms with Gasteiger partial charge in [0.15, 0.2) is 0 Å². The van der Waals surface area contributed by atoms with Crippen LogP contribution in [-0.2, 0) is 0 Å². The highest BCUT2D eigenvalue weighted by molar-refractivity contribution is 9.10. The first-order valence-corrected chi connectivity index (χ1v) is 6.96. The summed E-state index contributed by atoms with van der Waals surface area (Å²) >= 11 is 3.38. The average Bonchev–Trinajstić information content (AvgIpc) is 2.42. The Bertz CT molecular complexity index is 602. The SMILES string of the molecule is Fc1ccc(NC2CCOc3ccccc32)c(Br)c1. The lowest BCUT2D eigenvalue weighted by Crippen LogP contribution is -2.20. The van der Waals surface area contributed by atoms with Gasteiger partial charge in [0.1, 0.15) is 11.6 Å². The average molecular weight is 322 g/mol. The summed E-state index contributed by atoms with van der Waals surface area (Å²) in [5, 5.41) is 3.44. The number of benzene rings is 2. The molecule has 0 bridgehead atoms. The third kappa shape index (κ3) is 2.59. The number of hydrogen-bond donors (Lipinski definition) is 1. The third-order valence-corrected chi connectivity index (χ3v) is 3.88. The highest BCUT2D eigenvalue weighted by atomic mass is 79.9. The van der Waals surface area contributed by atoms with Crippen LogP contribution in [0, 0.1) is 5.82 Å². The van der Waals surface area contributed by atoms with Crippen LogP contribution < -0.4 is 10.1 Å². The van der Waals surface area contributed by atoms with Crippen LogP contribution in [-0.4, -0.2) is 6.61 Å². The molecular weight excluding hydrogens is 309 g/mol. The minimum atomic E-state index is -0.246. The van der Waals surface area contributed by atoms with Crippen molar-refractivity contribution in [1.82, 2.24) is 0 Å². The van der Waals surface area contributed by atoms with E-state index in [4.69, 9.17) is 4.74 Å². The third-order valence-electron chi connectivity index (χ3n) is 3.22. The first kappa shape index (κ1) is 12.5. The molecular formula is C15H13BrFNO.